The van der Waals surface area contributed by atoms with Gasteiger partial charge in [-0.05, 0) is 12.1 Å². The van der Waals surface area contributed by atoms with E-state index in [0.717, 1.165) is 11.3 Å². The van der Waals surface area contributed by atoms with E-state index in [0.29, 0.717) is 18.6 Å². The molecule has 70 valence electrons. The molecule has 0 spiro atoms. The summed E-state index contributed by atoms with van der Waals surface area (Å²) in [7, 11) is 0. The van der Waals surface area contributed by atoms with E-state index in [4.69, 9.17) is 9.94 Å². The first-order chi connectivity index (χ1) is 6.33. The van der Waals surface area contributed by atoms with Gasteiger partial charge in [-0.1, -0.05) is 0 Å². The first-order valence-electron chi connectivity index (χ1n) is 4.13. The number of rotatable bonds is 2. The van der Waals surface area contributed by atoms with Crippen LogP contribution in [0.1, 0.15) is 11.1 Å². The van der Waals surface area contributed by atoms with Crippen molar-refractivity contribution in [2.75, 3.05) is 6.61 Å². The van der Waals surface area contributed by atoms with Gasteiger partial charge < -0.3 is 9.94 Å². The molecule has 2 rings (SSSR count). The Balaban J connectivity index is 2.45. The van der Waals surface area contributed by atoms with Crippen molar-refractivity contribution in [3.63, 3.8) is 0 Å². The van der Waals surface area contributed by atoms with Crippen LogP contribution in [0.25, 0.3) is 0 Å². The Bertz CT molecular complexity index is 328. The van der Waals surface area contributed by atoms with Gasteiger partial charge in [0.15, 0.2) is 0 Å². The third-order valence-corrected chi connectivity index (χ3v) is 2.20. The van der Waals surface area contributed by atoms with Gasteiger partial charge in [-0.25, -0.2) is 9.87 Å². The zero-order valence-electron chi connectivity index (χ0n) is 7.01. The fraction of sp³-hybridized carbons (Fsp3) is 0.333. The lowest BCUT2D eigenvalue weighted by Crippen LogP contribution is -2.10. The summed E-state index contributed by atoms with van der Waals surface area (Å²) in [6.45, 7) is 0.718. The van der Waals surface area contributed by atoms with Crippen LogP contribution in [0.3, 0.4) is 0 Å². The minimum absolute atomic E-state index is 0.123. The molecule has 0 aromatic heterocycles. The van der Waals surface area contributed by atoms with E-state index in [1.807, 2.05) is 5.48 Å². The van der Waals surface area contributed by atoms with Crippen molar-refractivity contribution in [1.82, 2.24) is 5.48 Å². The fourth-order valence-corrected chi connectivity index (χ4v) is 1.59. The highest BCUT2D eigenvalue weighted by molar-refractivity contribution is 5.43. The highest BCUT2D eigenvalue weighted by Gasteiger charge is 2.18. The molecule has 0 aliphatic carbocycles. The van der Waals surface area contributed by atoms with E-state index in [1.54, 1.807) is 6.07 Å². The Morgan fingerprint density at radius 2 is 2.38 bits per heavy atom. The van der Waals surface area contributed by atoms with E-state index >= 15 is 0 Å². The third-order valence-electron chi connectivity index (χ3n) is 2.20. The van der Waals surface area contributed by atoms with E-state index in [-0.39, 0.29) is 12.4 Å². The molecule has 2 N–H and O–H groups in total. The summed E-state index contributed by atoms with van der Waals surface area (Å²) in [5, 5.41) is 8.52. The van der Waals surface area contributed by atoms with Crippen LogP contribution < -0.4 is 10.2 Å². The molecule has 1 aromatic carbocycles. The van der Waals surface area contributed by atoms with Gasteiger partial charge in [0.25, 0.3) is 0 Å². The molecule has 0 radical (unpaired) electrons. The number of ether oxygens (including phenoxy) is 1. The van der Waals surface area contributed by atoms with Gasteiger partial charge >= 0.3 is 0 Å². The Labute approximate surface area is 75.1 Å². The largest absolute Gasteiger partial charge is 0.493 e. The highest BCUT2D eigenvalue weighted by Crippen LogP contribution is 2.29. The third kappa shape index (κ3) is 1.38. The normalized spacial score (nSPS) is 14.0. The molecule has 1 heterocycles. The number of halogens is 1. The Hall–Kier alpha value is -1.13. The Kier molecular flexibility index (Phi) is 2.16. The van der Waals surface area contributed by atoms with Crippen LogP contribution in [-0.2, 0) is 13.0 Å². The molecule has 0 atom stereocenters. The van der Waals surface area contributed by atoms with Gasteiger partial charge in [-0.3, -0.25) is 0 Å². The lowest BCUT2D eigenvalue weighted by Gasteiger charge is -2.06. The fourth-order valence-electron chi connectivity index (χ4n) is 1.59. The molecule has 1 aromatic rings. The smallest absolute Gasteiger partial charge is 0.128 e. The molecule has 4 heteroatoms. The summed E-state index contributed by atoms with van der Waals surface area (Å²) in [5.74, 6) is 0.428. The highest BCUT2D eigenvalue weighted by atomic mass is 19.1. The van der Waals surface area contributed by atoms with E-state index in [9.17, 15) is 4.39 Å². The Morgan fingerprint density at radius 1 is 1.54 bits per heavy atom. The average Bonchev–Trinajstić information content (AvgIpc) is 2.58. The second-order valence-corrected chi connectivity index (χ2v) is 2.94. The topological polar surface area (TPSA) is 41.5 Å². The maximum Gasteiger partial charge on any atom is 0.128 e. The number of benzene rings is 1. The average molecular weight is 183 g/mol. The van der Waals surface area contributed by atoms with Crippen LogP contribution in [0.15, 0.2) is 12.1 Å². The first-order valence-corrected chi connectivity index (χ1v) is 4.13. The molecule has 3 nitrogen and oxygen atoms in total. The van der Waals surface area contributed by atoms with Gasteiger partial charge in [0.2, 0.25) is 0 Å². The SMILES string of the molecule is ONCc1c(F)ccc2c1CCO2. The summed E-state index contributed by atoms with van der Waals surface area (Å²) < 4.78 is 18.5. The van der Waals surface area contributed by atoms with Gasteiger partial charge in [-0.15, -0.1) is 0 Å². The predicted octanol–water partition coefficient (Wildman–Crippen LogP) is 1.24. The molecule has 0 amide bonds. The molecule has 13 heavy (non-hydrogen) atoms. The van der Waals surface area contributed by atoms with Gasteiger partial charge in [0.1, 0.15) is 11.6 Å². The molecular weight excluding hydrogens is 173 g/mol. The van der Waals surface area contributed by atoms with Crippen LogP contribution in [-0.4, -0.2) is 11.8 Å². The zero-order chi connectivity index (χ0) is 9.26. The molecule has 0 saturated carbocycles. The van der Waals surface area contributed by atoms with Crippen LogP contribution in [0.4, 0.5) is 4.39 Å². The van der Waals surface area contributed by atoms with Crippen molar-refractivity contribution in [2.45, 2.75) is 13.0 Å². The molecule has 0 saturated heterocycles. The van der Waals surface area contributed by atoms with Gasteiger partial charge in [0.05, 0.1) is 6.61 Å². The first kappa shape index (κ1) is 8.47. The molecule has 0 unspecified atom stereocenters. The maximum absolute atomic E-state index is 13.2. The predicted molar refractivity (Wildman–Crippen MR) is 44.2 cm³/mol. The van der Waals surface area contributed by atoms with Crippen molar-refractivity contribution in [3.05, 3.63) is 29.1 Å². The van der Waals surface area contributed by atoms with E-state index in [1.165, 1.54) is 6.07 Å². The second kappa shape index (κ2) is 3.32. The standard InChI is InChI=1S/C9H10FNO2/c10-8-1-2-9-6(3-4-13-9)7(8)5-11-12/h1-2,11-12H,3-5H2. The van der Waals surface area contributed by atoms with Crippen molar-refractivity contribution in [2.24, 2.45) is 0 Å². The number of hydrogen-bond acceptors (Lipinski definition) is 3. The van der Waals surface area contributed by atoms with E-state index in [2.05, 4.69) is 0 Å². The lowest BCUT2D eigenvalue weighted by molar-refractivity contribution is 0.159. The summed E-state index contributed by atoms with van der Waals surface area (Å²) in [5.41, 5.74) is 3.32. The minimum atomic E-state index is -0.300. The van der Waals surface area contributed by atoms with Crippen molar-refractivity contribution >= 4 is 0 Å². The van der Waals surface area contributed by atoms with Crippen molar-refractivity contribution in [1.29, 1.82) is 0 Å². The zero-order valence-corrected chi connectivity index (χ0v) is 7.01. The molecule has 0 bridgehead atoms. The maximum atomic E-state index is 13.2. The molecule has 0 fully saturated rings. The number of hydroxylamine groups is 1. The second-order valence-electron chi connectivity index (χ2n) is 2.94. The van der Waals surface area contributed by atoms with Crippen molar-refractivity contribution in [3.8, 4) is 5.75 Å². The number of fused-ring (bicyclic) bond motifs is 1. The van der Waals surface area contributed by atoms with Crippen molar-refractivity contribution < 1.29 is 14.3 Å². The number of hydrogen-bond donors (Lipinski definition) is 2. The van der Waals surface area contributed by atoms with Gasteiger partial charge in [-0.2, -0.15) is 0 Å². The molecule has 1 aliphatic heterocycles. The minimum Gasteiger partial charge on any atom is -0.493 e. The van der Waals surface area contributed by atoms with E-state index < -0.39 is 0 Å². The molecule has 1 aliphatic rings. The summed E-state index contributed by atoms with van der Waals surface area (Å²) in [4.78, 5) is 0. The number of nitrogens with one attached hydrogen (secondary N) is 1. The molecular formula is C9H10FNO2. The summed E-state index contributed by atoms with van der Waals surface area (Å²) in [6.07, 6.45) is 0.712. The van der Waals surface area contributed by atoms with Crippen LogP contribution in [0.5, 0.6) is 5.75 Å². The van der Waals surface area contributed by atoms with Crippen LogP contribution >= 0.6 is 0 Å². The lowest BCUT2D eigenvalue weighted by atomic mass is 10.0. The van der Waals surface area contributed by atoms with Crippen LogP contribution in [0.2, 0.25) is 0 Å². The summed E-state index contributed by atoms with van der Waals surface area (Å²) in [6, 6.07) is 2.98. The Morgan fingerprint density at radius 3 is 3.15 bits per heavy atom. The summed E-state index contributed by atoms with van der Waals surface area (Å²) >= 11 is 0. The quantitative estimate of drug-likeness (QED) is 0.678. The monoisotopic (exact) mass is 183 g/mol. The van der Waals surface area contributed by atoms with Gasteiger partial charge in [0, 0.05) is 24.1 Å². The van der Waals surface area contributed by atoms with Crippen LogP contribution in [0, 0.1) is 5.82 Å².